The molecule has 1 rings (SSSR count). The average molecular weight is 239 g/mol. The molecule has 0 aliphatic rings. The molecular formula is C13H21NOS. The van der Waals surface area contributed by atoms with Gasteiger partial charge in [-0.25, -0.2) is 0 Å². The lowest BCUT2D eigenvalue weighted by atomic mass is 10.2. The number of nitrogen functional groups attached to an aromatic ring is 1. The van der Waals surface area contributed by atoms with Crippen LogP contribution >= 0.6 is 0 Å². The van der Waals surface area contributed by atoms with E-state index in [0.717, 1.165) is 29.1 Å². The number of unbranched alkanes of at least 4 members (excludes halogenated alkanes) is 3. The molecular weight excluding hydrogens is 218 g/mol. The third-order valence-corrected chi connectivity index (χ3v) is 4.12. The van der Waals surface area contributed by atoms with Crippen molar-refractivity contribution in [1.82, 2.24) is 0 Å². The summed E-state index contributed by atoms with van der Waals surface area (Å²) in [5, 5.41) is 0. The molecule has 0 saturated heterocycles. The molecule has 0 amide bonds. The summed E-state index contributed by atoms with van der Waals surface area (Å²) in [6, 6.07) is 5.75. The van der Waals surface area contributed by atoms with Crippen molar-refractivity contribution in [3.63, 3.8) is 0 Å². The van der Waals surface area contributed by atoms with Gasteiger partial charge < -0.3 is 5.73 Å². The minimum Gasteiger partial charge on any atom is -0.398 e. The van der Waals surface area contributed by atoms with Crippen molar-refractivity contribution >= 4 is 16.5 Å². The van der Waals surface area contributed by atoms with E-state index in [9.17, 15) is 4.21 Å². The first-order chi connectivity index (χ1) is 7.65. The third-order valence-electron chi connectivity index (χ3n) is 2.59. The number of anilines is 1. The standard InChI is InChI=1S/C13H21NOS/c1-3-4-5-6-9-16(15)13-8-7-11(2)10-12(13)14/h7-8,10H,3-6,9,14H2,1-2H3. The van der Waals surface area contributed by atoms with E-state index in [0.29, 0.717) is 5.69 Å². The summed E-state index contributed by atoms with van der Waals surface area (Å²) in [5.74, 6) is 0.729. The van der Waals surface area contributed by atoms with Crippen molar-refractivity contribution in [3.8, 4) is 0 Å². The minimum atomic E-state index is -0.932. The molecule has 90 valence electrons. The highest BCUT2D eigenvalue weighted by Crippen LogP contribution is 2.19. The fraction of sp³-hybridized carbons (Fsp3) is 0.538. The molecule has 0 aliphatic carbocycles. The van der Waals surface area contributed by atoms with Crippen LogP contribution in [0.15, 0.2) is 23.1 Å². The summed E-state index contributed by atoms with van der Waals surface area (Å²) in [5.41, 5.74) is 7.64. The van der Waals surface area contributed by atoms with Crippen LogP contribution in [0.2, 0.25) is 0 Å². The molecule has 0 heterocycles. The van der Waals surface area contributed by atoms with Gasteiger partial charge in [0.2, 0.25) is 0 Å². The fourth-order valence-electron chi connectivity index (χ4n) is 1.65. The highest BCUT2D eigenvalue weighted by molar-refractivity contribution is 7.85. The Balaban J connectivity index is 2.53. The second kappa shape index (κ2) is 6.69. The van der Waals surface area contributed by atoms with Gasteiger partial charge in [0.15, 0.2) is 0 Å². The maximum absolute atomic E-state index is 12.0. The van der Waals surface area contributed by atoms with E-state index in [1.807, 2.05) is 25.1 Å². The van der Waals surface area contributed by atoms with Crippen molar-refractivity contribution in [2.75, 3.05) is 11.5 Å². The Labute approximate surface area is 101 Å². The van der Waals surface area contributed by atoms with Crippen LogP contribution in [0, 0.1) is 6.92 Å². The highest BCUT2D eigenvalue weighted by atomic mass is 32.2. The van der Waals surface area contributed by atoms with Crippen molar-refractivity contribution < 1.29 is 4.21 Å². The SMILES string of the molecule is CCCCCCS(=O)c1ccc(C)cc1N. The first kappa shape index (κ1) is 13.2. The molecule has 0 saturated carbocycles. The molecule has 1 unspecified atom stereocenters. The van der Waals surface area contributed by atoms with Gasteiger partial charge in [-0.05, 0) is 31.0 Å². The molecule has 2 nitrogen and oxygen atoms in total. The molecule has 16 heavy (non-hydrogen) atoms. The van der Waals surface area contributed by atoms with Gasteiger partial charge in [-0.1, -0.05) is 32.3 Å². The molecule has 2 N–H and O–H groups in total. The van der Waals surface area contributed by atoms with Gasteiger partial charge >= 0.3 is 0 Å². The Morgan fingerprint density at radius 1 is 1.25 bits per heavy atom. The van der Waals surface area contributed by atoms with Gasteiger partial charge in [-0.15, -0.1) is 0 Å². The van der Waals surface area contributed by atoms with Crippen LogP contribution in [0.3, 0.4) is 0 Å². The molecule has 0 aliphatic heterocycles. The zero-order chi connectivity index (χ0) is 12.0. The van der Waals surface area contributed by atoms with Gasteiger partial charge in [0, 0.05) is 11.4 Å². The maximum atomic E-state index is 12.0. The lowest BCUT2D eigenvalue weighted by Crippen LogP contribution is -2.02. The van der Waals surface area contributed by atoms with Crippen LogP contribution in [0.4, 0.5) is 5.69 Å². The predicted molar refractivity (Wildman–Crippen MR) is 71.0 cm³/mol. The zero-order valence-corrected chi connectivity index (χ0v) is 11.0. The van der Waals surface area contributed by atoms with Gasteiger partial charge in [0.25, 0.3) is 0 Å². The number of hydrogen-bond donors (Lipinski definition) is 1. The summed E-state index contributed by atoms with van der Waals surface area (Å²) < 4.78 is 12.0. The molecule has 0 bridgehead atoms. The van der Waals surface area contributed by atoms with Crippen LogP contribution in [-0.4, -0.2) is 9.96 Å². The largest absolute Gasteiger partial charge is 0.398 e. The smallest absolute Gasteiger partial charge is 0.0617 e. The third kappa shape index (κ3) is 3.97. The Kier molecular flexibility index (Phi) is 5.53. The average Bonchev–Trinajstić information content (AvgIpc) is 2.24. The summed E-state index contributed by atoms with van der Waals surface area (Å²) in [6.45, 7) is 4.17. The lowest BCUT2D eigenvalue weighted by Gasteiger charge is -2.06. The summed E-state index contributed by atoms with van der Waals surface area (Å²) >= 11 is 0. The Bertz CT molecular complexity index is 363. The van der Waals surface area contributed by atoms with Crippen LogP contribution in [0.1, 0.15) is 38.2 Å². The Morgan fingerprint density at radius 3 is 2.62 bits per heavy atom. The highest BCUT2D eigenvalue weighted by Gasteiger charge is 2.07. The van der Waals surface area contributed by atoms with E-state index in [1.165, 1.54) is 12.8 Å². The summed E-state index contributed by atoms with van der Waals surface area (Å²) in [4.78, 5) is 0.794. The molecule has 0 radical (unpaired) electrons. The molecule has 0 fully saturated rings. The van der Waals surface area contributed by atoms with E-state index >= 15 is 0 Å². The van der Waals surface area contributed by atoms with Gasteiger partial charge in [-0.2, -0.15) is 0 Å². The minimum absolute atomic E-state index is 0.661. The van der Waals surface area contributed by atoms with E-state index in [2.05, 4.69) is 6.92 Å². The van der Waals surface area contributed by atoms with Crippen LogP contribution < -0.4 is 5.73 Å². The first-order valence-electron chi connectivity index (χ1n) is 5.89. The van der Waals surface area contributed by atoms with Gasteiger partial charge in [0.05, 0.1) is 15.7 Å². The molecule has 0 spiro atoms. The number of nitrogens with two attached hydrogens (primary N) is 1. The molecule has 1 aromatic carbocycles. The Morgan fingerprint density at radius 2 is 2.00 bits per heavy atom. The van der Waals surface area contributed by atoms with Crippen molar-refractivity contribution in [2.24, 2.45) is 0 Å². The zero-order valence-electron chi connectivity index (χ0n) is 10.2. The maximum Gasteiger partial charge on any atom is 0.0617 e. The van der Waals surface area contributed by atoms with Crippen LogP contribution in [0.5, 0.6) is 0 Å². The van der Waals surface area contributed by atoms with E-state index in [-0.39, 0.29) is 0 Å². The number of aryl methyl sites for hydroxylation is 1. The van der Waals surface area contributed by atoms with Gasteiger partial charge in [0.1, 0.15) is 0 Å². The number of hydrogen-bond acceptors (Lipinski definition) is 2. The summed E-state index contributed by atoms with van der Waals surface area (Å²) in [6.07, 6.45) is 4.61. The fourth-order valence-corrected chi connectivity index (χ4v) is 2.87. The second-order valence-electron chi connectivity index (χ2n) is 4.15. The van der Waals surface area contributed by atoms with E-state index < -0.39 is 10.8 Å². The molecule has 0 aromatic heterocycles. The molecule has 3 heteroatoms. The Hall–Kier alpha value is -0.830. The summed E-state index contributed by atoms with van der Waals surface area (Å²) in [7, 11) is -0.932. The van der Waals surface area contributed by atoms with Crippen LogP contribution in [0.25, 0.3) is 0 Å². The van der Waals surface area contributed by atoms with Gasteiger partial charge in [-0.3, -0.25) is 4.21 Å². The lowest BCUT2D eigenvalue weighted by molar-refractivity contribution is 0.668. The van der Waals surface area contributed by atoms with E-state index in [4.69, 9.17) is 5.73 Å². The second-order valence-corrected chi connectivity index (χ2v) is 5.69. The van der Waals surface area contributed by atoms with Crippen molar-refractivity contribution in [3.05, 3.63) is 23.8 Å². The number of rotatable bonds is 6. The molecule has 1 atom stereocenters. The predicted octanol–water partition coefficient (Wildman–Crippen LogP) is 3.27. The van der Waals surface area contributed by atoms with Crippen molar-refractivity contribution in [2.45, 2.75) is 44.4 Å². The first-order valence-corrected chi connectivity index (χ1v) is 7.21. The monoisotopic (exact) mass is 239 g/mol. The molecule has 1 aromatic rings. The normalized spacial score (nSPS) is 12.6. The number of benzene rings is 1. The van der Waals surface area contributed by atoms with Crippen molar-refractivity contribution in [1.29, 1.82) is 0 Å². The van der Waals surface area contributed by atoms with E-state index in [1.54, 1.807) is 0 Å². The van der Waals surface area contributed by atoms with Crippen LogP contribution in [-0.2, 0) is 10.8 Å². The quantitative estimate of drug-likeness (QED) is 0.611. The topological polar surface area (TPSA) is 43.1 Å².